The molecule has 1 N–H and O–H groups in total. The number of carbonyl (C=O) groups is 2. The number of ether oxygens (including phenoxy) is 2. The highest BCUT2D eigenvalue weighted by Gasteiger charge is 2.37. The Bertz CT molecular complexity index is 1140. The molecule has 0 radical (unpaired) electrons. The Morgan fingerprint density at radius 2 is 1.44 bits per heavy atom. The zero-order valence-electron chi connectivity index (χ0n) is 17.8. The third kappa shape index (κ3) is 3.45. The number of hydrogen-bond acceptors (Lipinski definition) is 7. The Hall–Kier alpha value is -3.88. The van der Waals surface area contributed by atoms with Crippen molar-refractivity contribution in [2.45, 2.75) is 31.3 Å². The largest absolute Gasteiger partial charge is 0.497 e. The third-order valence-electron chi connectivity index (χ3n) is 5.95. The number of rotatable bonds is 5. The number of aromatic nitrogens is 3. The van der Waals surface area contributed by atoms with Crippen LogP contribution in [-0.2, 0) is 9.59 Å². The van der Waals surface area contributed by atoms with Gasteiger partial charge < -0.3 is 14.8 Å². The lowest BCUT2D eigenvalue weighted by atomic mass is 9.93. The summed E-state index contributed by atoms with van der Waals surface area (Å²) in [7, 11) is 3.27. The topological polar surface area (TPSA) is 98.6 Å². The molecule has 2 aromatic carbocycles. The molecule has 1 fully saturated rings. The first kappa shape index (κ1) is 20.0. The van der Waals surface area contributed by atoms with Crippen LogP contribution in [0.1, 0.15) is 42.5 Å². The number of amides is 2. The molecule has 0 spiro atoms. The molecule has 32 heavy (non-hydrogen) atoms. The molecule has 164 valence electrons. The van der Waals surface area contributed by atoms with Crippen molar-refractivity contribution in [2.75, 3.05) is 24.4 Å². The standard InChI is InChI=1S/C23H23N5O4/c1-31-16-7-3-14(4-8-16)18-13-19(15-5-9-17(32-2)10-6-15)28-22(24-18)25-23(26-28)27-20(29)11-12-21(27)30/h3-10,18-19H,11-13H2,1-2H3,(H,24,25,26)/t18-,19+/m0/s1. The van der Waals surface area contributed by atoms with E-state index < -0.39 is 0 Å². The second-order valence-corrected chi connectivity index (χ2v) is 7.80. The highest BCUT2D eigenvalue weighted by Crippen LogP contribution is 2.39. The monoisotopic (exact) mass is 433 g/mol. The first-order chi connectivity index (χ1) is 15.6. The third-order valence-corrected chi connectivity index (χ3v) is 5.95. The molecule has 0 bridgehead atoms. The second-order valence-electron chi connectivity index (χ2n) is 7.80. The molecule has 0 saturated carbocycles. The van der Waals surface area contributed by atoms with Crippen molar-refractivity contribution >= 4 is 23.7 Å². The van der Waals surface area contributed by atoms with Crippen LogP contribution in [0.4, 0.5) is 11.9 Å². The molecule has 3 aromatic rings. The van der Waals surface area contributed by atoms with Gasteiger partial charge in [0, 0.05) is 12.8 Å². The number of nitrogens with one attached hydrogen (secondary N) is 1. The van der Waals surface area contributed by atoms with Crippen LogP contribution in [0.3, 0.4) is 0 Å². The average molecular weight is 433 g/mol. The molecule has 0 aliphatic carbocycles. The molecule has 2 atom stereocenters. The van der Waals surface area contributed by atoms with E-state index >= 15 is 0 Å². The van der Waals surface area contributed by atoms with Gasteiger partial charge in [-0.05, 0) is 41.8 Å². The molecule has 0 unspecified atom stereocenters. The van der Waals surface area contributed by atoms with Crippen molar-refractivity contribution in [1.29, 1.82) is 0 Å². The number of hydrogen-bond donors (Lipinski definition) is 1. The number of benzene rings is 2. The van der Waals surface area contributed by atoms with Crippen molar-refractivity contribution in [3.05, 3.63) is 59.7 Å². The fourth-order valence-corrected chi connectivity index (χ4v) is 4.22. The highest BCUT2D eigenvalue weighted by molar-refractivity contribution is 6.18. The van der Waals surface area contributed by atoms with Gasteiger partial charge in [-0.2, -0.15) is 4.98 Å². The van der Waals surface area contributed by atoms with Crippen molar-refractivity contribution in [2.24, 2.45) is 0 Å². The Morgan fingerprint density at radius 3 is 2.00 bits per heavy atom. The second kappa shape index (κ2) is 7.99. The Labute approximate surface area is 185 Å². The molecule has 9 nitrogen and oxygen atoms in total. The molecular formula is C23H23N5O4. The number of nitrogens with zero attached hydrogens (tertiary/aromatic N) is 4. The number of anilines is 2. The lowest BCUT2D eigenvalue weighted by Gasteiger charge is -2.31. The van der Waals surface area contributed by atoms with Crippen LogP contribution in [-0.4, -0.2) is 40.8 Å². The van der Waals surface area contributed by atoms with E-state index in [4.69, 9.17) is 9.47 Å². The van der Waals surface area contributed by atoms with E-state index in [2.05, 4.69) is 15.4 Å². The van der Waals surface area contributed by atoms with Crippen molar-refractivity contribution in [3.8, 4) is 11.5 Å². The van der Waals surface area contributed by atoms with E-state index in [0.29, 0.717) is 12.4 Å². The van der Waals surface area contributed by atoms with Gasteiger partial charge in [0.15, 0.2) is 0 Å². The van der Waals surface area contributed by atoms with Gasteiger partial charge in [0.1, 0.15) is 11.5 Å². The zero-order chi connectivity index (χ0) is 22.2. The van der Waals surface area contributed by atoms with Gasteiger partial charge in [-0.15, -0.1) is 5.10 Å². The first-order valence-electron chi connectivity index (χ1n) is 10.4. The van der Waals surface area contributed by atoms with Crippen LogP contribution in [0.25, 0.3) is 0 Å². The minimum absolute atomic E-state index is 0.0393. The Balaban J connectivity index is 1.55. The normalized spacial score (nSPS) is 20.1. The zero-order valence-corrected chi connectivity index (χ0v) is 17.8. The predicted octanol–water partition coefficient (Wildman–Crippen LogP) is 3.10. The van der Waals surface area contributed by atoms with E-state index in [-0.39, 0.29) is 42.7 Å². The molecule has 2 aliphatic rings. The number of methoxy groups -OCH3 is 2. The quantitative estimate of drug-likeness (QED) is 0.618. The first-order valence-corrected chi connectivity index (χ1v) is 10.4. The van der Waals surface area contributed by atoms with E-state index in [1.165, 1.54) is 0 Å². The average Bonchev–Trinajstić information content (AvgIpc) is 3.40. The number of fused-ring (bicyclic) bond motifs is 1. The number of imide groups is 1. The number of carbonyl (C=O) groups excluding carboxylic acids is 2. The van der Waals surface area contributed by atoms with E-state index in [1.807, 2.05) is 48.5 Å². The summed E-state index contributed by atoms with van der Waals surface area (Å²) in [6, 6.07) is 15.5. The predicted molar refractivity (Wildman–Crippen MR) is 117 cm³/mol. The smallest absolute Gasteiger partial charge is 0.260 e. The molecule has 2 amide bonds. The summed E-state index contributed by atoms with van der Waals surface area (Å²) in [6.45, 7) is 0. The summed E-state index contributed by atoms with van der Waals surface area (Å²) in [6.07, 6.45) is 1.08. The Morgan fingerprint density at radius 1 is 0.875 bits per heavy atom. The van der Waals surface area contributed by atoms with Gasteiger partial charge >= 0.3 is 0 Å². The van der Waals surface area contributed by atoms with Crippen molar-refractivity contribution in [1.82, 2.24) is 14.8 Å². The summed E-state index contributed by atoms with van der Waals surface area (Å²) in [5.41, 5.74) is 2.11. The maximum absolute atomic E-state index is 12.2. The van der Waals surface area contributed by atoms with Gasteiger partial charge in [0.2, 0.25) is 17.8 Å². The molecule has 5 rings (SSSR count). The summed E-state index contributed by atoms with van der Waals surface area (Å²) in [5.74, 6) is 1.64. The Kier molecular flexibility index (Phi) is 5.01. The fraction of sp³-hybridized carbons (Fsp3) is 0.304. The summed E-state index contributed by atoms with van der Waals surface area (Å²) < 4.78 is 12.3. The van der Waals surface area contributed by atoms with Crippen molar-refractivity contribution in [3.63, 3.8) is 0 Å². The van der Waals surface area contributed by atoms with Gasteiger partial charge in [0.05, 0.1) is 26.3 Å². The van der Waals surface area contributed by atoms with Gasteiger partial charge in [-0.1, -0.05) is 24.3 Å². The van der Waals surface area contributed by atoms with Gasteiger partial charge in [-0.25, -0.2) is 9.58 Å². The lowest BCUT2D eigenvalue weighted by molar-refractivity contribution is -0.121. The molecule has 1 aromatic heterocycles. The molecule has 1 saturated heterocycles. The van der Waals surface area contributed by atoms with E-state index in [9.17, 15) is 9.59 Å². The molecule has 3 heterocycles. The summed E-state index contributed by atoms with van der Waals surface area (Å²) in [5, 5.41) is 7.99. The van der Waals surface area contributed by atoms with Crippen LogP contribution in [0.15, 0.2) is 48.5 Å². The van der Waals surface area contributed by atoms with E-state index in [0.717, 1.165) is 27.5 Å². The van der Waals surface area contributed by atoms with Crippen LogP contribution in [0, 0.1) is 0 Å². The van der Waals surface area contributed by atoms with Crippen molar-refractivity contribution < 1.29 is 19.1 Å². The maximum Gasteiger partial charge on any atom is 0.260 e. The van der Waals surface area contributed by atoms with Crippen LogP contribution >= 0.6 is 0 Å². The van der Waals surface area contributed by atoms with Crippen LogP contribution in [0.2, 0.25) is 0 Å². The summed E-state index contributed by atoms with van der Waals surface area (Å²) in [4.78, 5) is 30.1. The summed E-state index contributed by atoms with van der Waals surface area (Å²) >= 11 is 0. The minimum atomic E-state index is -0.273. The molecule has 2 aliphatic heterocycles. The van der Waals surface area contributed by atoms with Crippen LogP contribution < -0.4 is 19.7 Å². The fourth-order valence-electron chi connectivity index (χ4n) is 4.22. The molecule has 9 heteroatoms. The van der Waals surface area contributed by atoms with Crippen LogP contribution in [0.5, 0.6) is 11.5 Å². The lowest BCUT2D eigenvalue weighted by Crippen LogP contribution is -2.30. The SMILES string of the molecule is COc1ccc([C@@H]2C[C@H](c3ccc(OC)cc3)n3nc(N4C(=O)CCC4=O)nc3N2)cc1. The van der Waals surface area contributed by atoms with Gasteiger partial charge in [-0.3, -0.25) is 9.59 Å². The maximum atomic E-state index is 12.2. The van der Waals surface area contributed by atoms with Gasteiger partial charge in [0.25, 0.3) is 5.95 Å². The van der Waals surface area contributed by atoms with E-state index in [1.54, 1.807) is 18.9 Å². The minimum Gasteiger partial charge on any atom is -0.497 e. The molecular weight excluding hydrogens is 410 g/mol. The highest BCUT2D eigenvalue weighted by atomic mass is 16.5.